The van der Waals surface area contributed by atoms with Crippen molar-refractivity contribution in [1.29, 1.82) is 0 Å². The van der Waals surface area contributed by atoms with Crippen molar-refractivity contribution in [2.24, 2.45) is 5.10 Å². The molecule has 1 aromatic carbocycles. The smallest absolute Gasteiger partial charge is 0.348 e. The van der Waals surface area contributed by atoms with E-state index in [9.17, 15) is 14.7 Å². The van der Waals surface area contributed by atoms with Crippen molar-refractivity contribution in [1.82, 2.24) is 5.43 Å². The van der Waals surface area contributed by atoms with E-state index in [1.165, 1.54) is 19.9 Å². The number of benzene rings is 1. The second-order valence-corrected chi connectivity index (χ2v) is 4.93. The van der Waals surface area contributed by atoms with Crippen LogP contribution in [0.25, 0.3) is 0 Å². The molecule has 1 heterocycles. The highest BCUT2D eigenvalue weighted by Gasteiger charge is 2.14. The van der Waals surface area contributed by atoms with Gasteiger partial charge < -0.3 is 9.52 Å². The van der Waals surface area contributed by atoms with Crippen LogP contribution < -0.4 is 11.1 Å². The fraction of sp³-hybridized carbons (Fsp3) is 0.133. The summed E-state index contributed by atoms with van der Waals surface area (Å²) >= 11 is 5.90. The molecule has 6 nitrogen and oxygen atoms in total. The first kappa shape index (κ1) is 15.8. The Labute approximate surface area is 131 Å². The fourth-order valence-electron chi connectivity index (χ4n) is 1.83. The van der Waals surface area contributed by atoms with Crippen LogP contribution in [0.1, 0.15) is 28.6 Å². The number of aryl methyl sites for hydroxylation is 1. The molecule has 0 aliphatic heterocycles. The Morgan fingerprint density at radius 3 is 2.68 bits per heavy atom. The first-order chi connectivity index (χ1) is 10.4. The molecule has 0 unspecified atom stereocenters. The lowest BCUT2D eigenvalue weighted by Gasteiger charge is -2.05. The molecule has 1 amide bonds. The van der Waals surface area contributed by atoms with E-state index in [2.05, 4.69) is 10.5 Å². The SMILES string of the molecule is CC(=NNC(=O)c1ccccc1Cl)c1c(O)cc(C)oc1=O. The van der Waals surface area contributed by atoms with Crippen LogP contribution >= 0.6 is 11.6 Å². The van der Waals surface area contributed by atoms with Gasteiger partial charge in [0.15, 0.2) is 0 Å². The molecule has 0 bridgehead atoms. The van der Waals surface area contributed by atoms with E-state index in [-0.39, 0.29) is 33.4 Å². The van der Waals surface area contributed by atoms with E-state index in [1.54, 1.807) is 24.3 Å². The summed E-state index contributed by atoms with van der Waals surface area (Å²) in [6, 6.07) is 7.78. The molecular formula is C15H13ClN2O4. The van der Waals surface area contributed by atoms with E-state index >= 15 is 0 Å². The molecule has 22 heavy (non-hydrogen) atoms. The molecule has 1 aromatic heterocycles. The first-order valence-corrected chi connectivity index (χ1v) is 6.71. The number of carbonyl (C=O) groups is 1. The molecule has 0 aliphatic carbocycles. The molecule has 0 fully saturated rings. The van der Waals surface area contributed by atoms with Crippen LogP contribution in [0.15, 0.2) is 44.6 Å². The minimum Gasteiger partial charge on any atom is -0.507 e. The van der Waals surface area contributed by atoms with Gasteiger partial charge in [0.2, 0.25) is 0 Å². The van der Waals surface area contributed by atoms with Crippen LogP contribution in [0, 0.1) is 6.92 Å². The number of hydrazone groups is 1. The zero-order valence-corrected chi connectivity index (χ0v) is 12.6. The molecule has 7 heteroatoms. The van der Waals surface area contributed by atoms with Crippen molar-refractivity contribution in [2.75, 3.05) is 0 Å². The largest absolute Gasteiger partial charge is 0.507 e. The third-order valence-corrected chi connectivity index (χ3v) is 3.19. The molecule has 0 spiro atoms. The van der Waals surface area contributed by atoms with Crippen molar-refractivity contribution in [3.8, 4) is 5.75 Å². The van der Waals surface area contributed by atoms with Crippen molar-refractivity contribution in [2.45, 2.75) is 13.8 Å². The molecular weight excluding hydrogens is 308 g/mol. The summed E-state index contributed by atoms with van der Waals surface area (Å²) < 4.78 is 4.89. The van der Waals surface area contributed by atoms with Crippen LogP contribution in [0.5, 0.6) is 5.75 Å². The normalized spacial score (nSPS) is 11.3. The Balaban J connectivity index is 2.26. The Morgan fingerprint density at radius 2 is 2.05 bits per heavy atom. The van der Waals surface area contributed by atoms with Crippen LogP contribution in [-0.2, 0) is 0 Å². The maximum atomic E-state index is 12.0. The summed E-state index contributed by atoms with van der Waals surface area (Å²) in [4.78, 5) is 23.7. The van der Waals surface area contributed by atoms with Crippen LogP contribution in [0.3, 0.4) is 0 Å². The standard InChI is InChI=1S/C15H13ClN2O4/c1-8-7-12(19)13(15(21)22-8)9(2)17-18-14(20)10-5-3-4-6-11(10)16/h3-7,19H,1-2H3,(H,18,20). The number of hydrogen-bond acceptors (Lipinski definition) is 5. The molecule has 0 radical (unpaired) electrons. The third kappa shape index (κ3) is 3.35. The average Bonchev–Trinajstić information content (AvgIpc) is 2.44. The topological polar surface area (TPSA) is 91.9 Å². The average molecular weight is 321 g/mol. The van der Waals surface area contributed by atoms with Crippen LogP contribution in [0.2, 0.25) is 5.02 Å². The number of nitrogens with one attached hydrogen (secondary N) is 1. The van der Waals surface area contributed by atoms with Gasteiger partial charge in [-0.15, -0.1) is 0 Å². The summed E-state index contributed by atoms with van der Waals surface area (Å²) in [5.41, 5.74) is 1.81. The maximum Gasteiger partial charge on any atom is 0.348 e. The number of rotatable bonds is 3. The summed E-state index contributed by atoms with van der Waals surface area (Å²) in [5, 5.41) is 13.9. The molecule has 2 N–H and O–H groups in total. The summed E-state index contributed by atoms with van der Waals surface area (Å²) in [7, 11) is 0. The predicted octanol–water partition coefficient (Wildman–Crippen LogP) is 2.46. The Bertz CT molecular complexity index is 811. The molecule has 0 saturated heterocycles. The Morgan fingerprint density at radius 1 is 1.36 bits per heavy atom. The van der Waals surface area contributed by atoms with Crippen LogP contribution in [-0.4, -0.2) is 16.7 Å². The second-order valence-electron chi connectivity index (χ2n) is 4.52. The molecule has 0 aliphatic rings. The Hall–Kier alpha value is -2.60. The number of carbonyl (C=O) groups excluding carboxylic acids is 1. The van der Waals surface area contributed by atoms with Crippen molar-refractivity contribution in [3.63, 3.8) is 0 Å². The lowest BCUT2D eigenvalue weighted by atomic mass is 10.2. The van der Waals surface area contributed by atoms with E-state index in [0.717, 1.165) is 0 Å². The summed E-state index contributed by atoms with van der Waals surface area (Å²) in [5.74, 6) is -0.512. The monoisotopic (exact) mass is 320 g/mol. The first-order valence-electron chi connectivity index (χ1n) is 6.33. The number of hydrogen-bond donors (Lipinski definition) is 2. The van der Waals surface area contributed by atoms with E-state index in [0.29, 0.717) is 0 Å². The molecule has 2 aromatic rings. The van der Waals surface area contributed by atoms with Crippen LogP contribution in [0.4, 0.5) is 0 Å². The van der Waals surface area contributed by atoms with E-state index in [4.69, 9.17) is 16.0 Å². The summed E-state index contributed by atoms with van der Waals surface area (Å²) in [6.45, 7) is 3.00. The lowest BCUT2D eigenvalue weighted by molar-refractivity contribution is 0.0955. The van der Waals surface area contributed by atoms with Gasteiger partial charge in [-0.3, -0.25) is 4.79 Å². The maximum absolute atomic E-state index is 12.0. The van der Waals surface area contributed by atoms with Gasteiger partial charge >= 0.3 is 5.63 Å². The van der Waals surface area contributed by atoms with E-state index in [1.807, 2.05) is 0 Å². The number of aromatic hydroxyl groups is 1. The minimum atomic E-state index is -0.731. The predicted molar refractivity (Wildman–Crippen MR) is 82.5 cm³/mol. The van der Waals surface area contributed by atoms with E-state index < -0.39 is 11.5 Å². The number of nitrogens with zero attached hydrogens (tertiary/aromatic N) is 1. The molecule has 0 atom stereocenters. The second kappa shape index (κ2) is 6.44. The highest BCUT2D eigenvalue weighted by molar-refractivity contribution is 6.33. The highest BCUT2D eigenvalue weighted by atomic mass is 35.5. The van der Waals surface area contributed by atoms with Crippen molar-refractivity contribution in [3.05, 3.63) is 62.7 Å². The van der Waals surface area contributed by atoms with Gasteiger partial charge in [-0.05, 0) is 26.0 Å². The quantitative estimate of drug-likeness (QED) is 0.671. The van der Waals surface area contributed by atoms with Gasteiger partial charge in [0.25, 0.3) is 5.91 Å². The van der Waals surface area contributed by atoms with Gasteiger partial charge in [0, 0.05) is 6.07 Å². The third-order valence-electron chi connectivity index (χ3n) is 2.86. The van der Waals surface area contributed by atoms with Gasteiger partial charge in [-0.2, -0.15) is 5.10 Å². The van der Waals surface area contributed by atoms with Crippen molar-refractivity contribution >= 4 is 23.2 Å². The summed E-state index contributed by atoms with van der Waals surface area (Å²) in [6.07, 6.45) is 0. The van der Waals surface area contributed by atoms with Gasteiger partial charge in [0.1, 0.15) is 17.1 Å². The highest BCUT2D eigenvalue weighted by Crippen LogP contribution is 2.16. The van der Waals surface area contributed by atoms with Gasteiger partial charge in [-0.25, -0.2) is 10.2 Å². The number of amides is 1. The fourth-order valence-corrected chi connectivity index (χ4v) is 2.05. The van der Waals surface area contributed by atoms with Gasteiger partial charge in [0.05, 0.1) is 16.3 Å². The Kier molecular flexibility index (Phi) is 4.62. The minimum absolute atomic E-state index is 0.106. The van der Waals surface area contributed by atoms with Crippen molar-refractivity contribution < 1.29 is 14.3 Å². The zero-order valence-electron chi connectivity index (χ0n) is 11.9. The molecule has 0 saturated carbocycles. The number of halogens is 1. The zero-order chi connectivity index (χ0) is 16.3. The molecule has 2 rings (SSSR count). The molecule has 114 valence electrons. The lowest BCUT2D eigenvalue weighted by Crippen LogP contribution is -2.22. The van der Waals surface area contributed by atoms with Gasteiger partial charge in [-0.1, -0.05) is 23.7 Å².